The highest BCUT2D eigenvalue weighted by molar-refractivity contribution is 7.98. The molecule has 1 fully saturated rings. The van der Waals surface area contributed by atoms with Gasteiger partial charge in [0.1, 0.15) is 13.2 Å². The van der Waals surface area contributed by atoms with Gasteiger partial charge >= 0.3 is 0 Å². The monoisotopic (exact) mass is 311 g/mol. The Balaban J connectivity index is 1.61. The molecule has 0 spiro atoms. The predicted octanol–water partition coefficient (Wildman–Crippen LogP) is 1.68. The van der Waals surface area contributed by atoms with E-state index >= 15 is 0 Å². The van der Waals surface area contributed by atoms with Gasteiger partial charge in [0, 0.05) is 18.0 Å². The fourth-order valence-electron chi connectivity index (χ4n) is 2.46. The summed E-state index contributed by atoms with van der Waals surface area (Å²) >= 11 is 1.72. The van der Waals surface area contributed by atoms with Crippen LogP contribution < -0.4 is 14.8 Å². The zero-order valence-electron chi connectivity index (χ0n) is 12.2. The SMILES string of the molecule is CSc1cc2c(cc1CNCC1COCCO1)OCCO2. The third-order valence-electron chi connectivity index (χ3n) is 3.52. The second-order valence-electron chi connectivity index (χ2n) is 5.01. The van der Waals surface area contributed by atoms with Crippen molar-refractivity contribution < 1.29 is 18.9 Å². The summed E-state index contributed by atoms with van der Waals surface area (Å²) in [7, 11) is 0. The normalized spacial score (nSPS) is 21.3. The summed E-state index contributed by atoms with van der Waals surface area (Å²) in [5, 5.41) is 3.44. The van der Waals surface area contributed by atoms with Gasteiger partial charge < -0.3 is 24.3 Å². The van der Waals surface area contributed by atoms with E-state index in [9.17, 15) is 0 Å². The van der Waals surface area contributed by atoms with Gasteiger partial charge in [0.2, 0.25) is 0 Å². The first-order chi connectivity index (χ1) is 10.4. The van der Waals surface area contributed by atoms with Crippen molar-refractivity contribution in [2.45, 2.75) is 17.5 Å². The van der Waals surface area contributed by atoms with Crippen molar-refractivity contribution in [1.82, 2.24) is 5.32 Å². The number of fused-ring (bicyclic) bond motifs is 1. The predicted molar refractivity (Wildman–Crippen MR) is 81.5 cm³/mol. The van der Waals surface area contributed by atoms with Crippen molar-refractivity contribution in [3.8, 4) is 11.5 Å². The molecule has 1 aromatic rings. The van der Waals surface area contributed by atoms with E-state index in [2.05, 4.69) is 23.7 Å². The fraction of sp³-hybridized carbons (Fsp3) is 0.600. The second kappa shape index (κ2) is 7.35. The van der Waals surface area contributed by atoms with Crippen LogP contribution in [0.15, 0.2) is 17.0 Å². The molecule has 0 amide bonds. The minimum absolute atomic E-state index is 0.147. The first-order valence-corrected chi connectivity index (χ1v) is 8.46. The maximum absolute atomic E-state index is 5.65. The van der Waals surface area contributed by atoms with E-state index in [1.807, 2.05) is 0 Å². The molecule has 1 N–H and O–H groups in total. The number of nitrogens with one attached hydrogen (secondary N) is 1. The number of rotatable bonds is 5. The summed E-state index contributed by atoms with van der Waals surface area (Å²) in [6, 6.07) is 4.14. The molecule has 5 nitrogen and oxygen atoms in total. The topological polar surface area (TPSA) is 49.0 Å². The average molecular weight is 311 g/mol. The molecule has 2 aliphatic rings. The van der Waals surface area contributed by atoms with Crippen LogP contribution in [0.2, 0.25) is 0 Å². The molecule has 1 aromatic carbocycles. The minimum atomic E-state index is 0.147. The quantitative estimate of drug-likeness (QED) is 0.835. The standard InChI is InChI=1S/C15H21NO4S/c1-21-15-7-14-13(19-4-5-20-14)6-11(15)8-16-9-12-10-17-2-3-18-12/h6-7,12,16H,2-5,8-10H2,1H3. The molecule has 0 aromatic heterocycles. The molecule has 0 saturated carbocycles. The highest BCUT2D eigenvalue weighted by atomic mass is 32.2. The maximum Gasteiger partial charge on any atom is 0.162 e. The molecule has 1 unspecified atom stereocenters. The van der Waals surface area contributed by atoms with Gasteiger partial charge in [-0.3, -0.25) is 0 Å². The average Bonchev–Trinajstić information content (AvgIpc) is 2.55. The smallest absolute Gasteiger partial charge is 0.162 e. The molecule has 0 radical (unpaired) electrons. The van der Waals surface area contributed by atoms with E-state index in [0.717, 1.165) is 24.6 Å². The van der Waals surface area contributed by atoms with Crippen LogP contribution in [0.5, 0.6) is 11.5 Å². The van der Waals surface area contributed by atoms with Gasteiger partial charge in [-0.15, -0.1) is 11.8 Å². The Hall–Kier alpha value is -0.950. The summed E-state index contributed by atoms with van der Waals surface area (Å²) in [6.07, 6.45) is 2.22. The van der Waals surface area contributed by atoms with Gasteiger partial charge in [0.05, 0.1) is 25.9 Å². The third kappa shape index (κ3) is 3.83. The van der Waals surface area contributed by atoms with Crippen LogP contribution in [0.3, 0.4) is 0 Å². The number of ether oxygens (including phenoxy) is 4. The zero-order valence-corrected chi connectivity index (χ0v) is 13.0. The molecule has 116 valence electrons. The molecule has 3 rings (SSSR count). The number of hydrogen-bond donors (Lipinski definition) is 1. The zero-order chi connectivity index (χ0) is 14.5. The Morgan fingerprint density at radius 3 is 2.67 bits per heavy atom. The molecular formula is C15H21NO4S. The van der Waals surface area contributed by atoms with E-state index in [0.29, 0.717) is 33.0 Å². The van der Waals surface area contributed by atoms with Crippen molar-refractivity contribution in [3.05, 3.63) is 17.7 Å². The molecular weight excluding hydrogens is 290 g/mol. The number of benzene rings is 1. The first kappa shape index (κ1) is 15.0. The van der Waals surface area contributed by atoms with Crippen molar-refractivity contribution in [2.24, 2.45) is 0 Å². The lowest BCUT2D eigenvalue weighted by atomic mass is 10.2. The van der Waals surface area contributed by atoms with E-state index in [-0.39, 0.29) is 6.10 Å². The molecule has 1 atom stereocenters. The number of thioether (sulfide) groups is 1. The summed E-state index contributed by atoms with van der Waals surface area (Å²) in [6.45, 7) is 4.88. The molecule has 2 heterocycles. The second-order valence-corrected chi connectivity index (χ2v) is 5.85. The van der Waals surface area contributed by atoms with Crippen molar-refractivity contribution >= 4 is 11.8 Å². The summed E-state index contributed by atoms with van der Waals surface area (Å²) in [5.41, 5.74) is 1.23. The van der Waals surface area contributed by atoms with E-state index in [4.69, 9.17) is 18.9 Å². The van der Waals surface area contributed by atoms with Gasteiger partial charge in [-0.2, -0.15) is 0 Å². The molecule has 21 heavy (non-hydrogen) atoms. The van der Waals surface area contributed by atoms with Crippen LogP contribution >= 0.6 is 11.8 Å². The fourth-order valence-corrected chi connectivity index (χ4v) is 3.08. The van der Waals surface area contributed by atoms with Gasteiger partial charge in [-0.05, 0) is 24.0 Å². The maximum atomic E-state index is 5.65. The van der Waals surface area contributed by atoms with Gasteiger partial charge in [0.25, 0.3) is 0 Å². The lowest BCUT2D eigenvalue weighted by Gasteiger charge is -2.24. The van der Waals surface area contributed by atoms with Crippen LogP contribution in [0.4, 0.5) is 0 Å². The molecule has 1 saturated heterocycles. The Morgan fingerprint density at radius 2 is 1.95 bits per heavy atom. The Bertz CT molecular complexity index is 477. The lowest BCUT2D eigenvalue weighted by Crippen LogP contribution is -2.37. The minimum Gasteiger partial charge on any atom is -0.486 e. The van der Waals surface area contributed by atoms with Crippen molar-refractivity contribution in [3.63, 3.8) is 0 Å². The van der Waals surface area contributed by atoms with E-state index in [1.54, 1.807) is 11.8 Å². The van der Waals surface area contributed by atoms with E-state index < -0.39 is 0 Å². The first-order valence-electron chi connectivity index (χ1n) is 7.23. The Labute approximate surface area is 129 Å². The summed E-state index contributed by atoms with van der Waals surface area (Å²) in [4.78, 5) is 1.22. The summed E-state index contributed by atoms with van der Waals surface area (Å²) < 4.78 is 22.3. The van der Waals surface area contributed by atoms with Crippen molar-refractivity contribution in [1.29, 1.82) is 0 Å². The Morgan fingerprint density at radius 1 is 1.14 bits per heavy atom. The van der Waals surface area contributed by atoms with Crippen LogP contribution in [0, 0.1) is 0 Å². The van der Waals surface area contributed by atoms with Crippen LogP contribution in [0.25, 0.3) is 0 Å². The molecule has 0 aliphatic carbocycles. The van der Waals surface area contributed by atoms with Gasteiger partial charge in [-0.25, -0.2) is 0 Å². The summed E-state index contributed by atoms with van der Waals surface area (Å²) in [5.74, 6) is 1.69. The number of hydrogen-bond acceptors (Lipinski definition) is 6. The highest BCUT2D eigenvalue weighted by Gasteiger charge is 2.17. The highest BCUT2D eigenvalue weighted by Crippen LogP contribution is 2.36. The van der Waals surface area contributed by atoms with Crippen LogP contribution in [0.1, 0.15) is 5.56 Å². The molecule has 2 aliphatic heterocycles. The van der Waals surface area contributed by atoms with E-state index in [1.165, 1.54) is 10.5 Å². The van der Waals surface area contributed by atoms with Gasteiger partial charge in [-0.1, -0.05) is 0 Å². The lowest BCUT2D eigenvalue weighted by molar-refractivity contribution is -0.0864. The largest absolute Gasteiger partial charge is 0.486 e. The van der Waals surface area contributed by atoms with Gasteiger partial charge in [0.15, 0.2) is 11.5 Å². The third-order valence-corrected chi connectivity index (χ3v) is 4.34. The molecule has 0 bridgehead atoms. The Kier molecular flexibility index (Phi) is 5.24. The molecule has 6 heteroatoms. The van der Waals surface area contributed by atoms with Crippen LogP contribution in [-0.2, 0) is 16.0 Å². The van der Waals surface area contributed by atoms with Crippen LogP contribution in [-0.4, -0.2) is 51.9 Å². The van der Waals surface area contributed by atoms with Crippen molar-refractivity contribution in [2.75, 3.05) is 45.8 Å².